The summed E-state index contributed by atoms with van der Waals surface area (Å²) >= 11 is 0. The van der Waals surface area contributed by atoms with Gasteiger partial charge < -0.3 is 11.1 Å². The Morgan fingerprint density at radius 3 is 2.48 bits per heavy atom. The lowest BCUT2D eigenvalue weighted by atomic mass is 9.92. The Bertz CT molecular complexity index is 520. The summed E-state index contributed by atoms with van der Waals surface area (Å²) in [5, 5.41) is 2.79. The maximum absolute atomic E-state index is 12.2. The molecule has 0 spiro atoms. The van der Waals surface area contributed by atoms with E-state index in [2.05, 4.69) is 24.1 Å². The van der Waals surface area contributed by atoms with Gasteiger partial charge in [-0.1, -0.05) is 26.0 Å². The van der Waals surface area contributed by atoms with Crippen LogP contribution >= 0.6 is 0 Å². The summed E-state index contributed by atoms with van der Waals surface area (Å²) in [7, 11) is 0. The minimum Gasteiger partial charge on any atom is -0.366 e. The number of rotatable bonds is 4. The van der Waals surface area contributed by atoms with E-state index in [4.69, 9.17) is 5.73 Å². The third-order valence-electron chi connectivity index (χ3n) is 3.78. The lowest BCUT2D eigenvalue weighted by molar-refractivity contribution is -0.117. The van der Waals surface area contributed by atoms with Gasteiger partial charge in [-0.25, -0.2) is 0 Å². The van der Waals surface area contributed by atoms with Crippen LogP contribution in [0.3, 0.4) is 0 Å². The summed E-state index contributed by atoms with van der Waals surface area (Å²) in [5.74, 6) is 0.579. The highest BCUT2D eigenvalue weighted by molar-refractivity contribution is 6.03. The first-order valence-electron chi connectivity index (χ1n) is 7.36. The number of nitrogens with one attached hydrogen (secondary N) is 1. The number of para-hydroxylation sites is 1. The zero-order valence-electron chi connectivity index (χ0n) is 12.6. The molecule has 21 heavy (non-hydrogen) atoms. The Morgan fingerprint density at radius 2 is 1.86 bits per heavy atom. The van der Waals surface area contributed by atoms with Gasteiger partial charge in [-0.15, -0.1) is 0 Å². The number of carbonyl (C=O) groups is 2. The molecule has 1 aliphatic rings. The smallest absolute Gasteiger partial charge is 0.250 e. The maximum atomic E-state index is 12.2. The van der Waals surface area contributed by atoms with Crippen LogP contribution in [0.2, 0.25) is 0 Å². The molecule has 5 nitrogen and oxygen atoms in total. The van der Waals surface area contributed by atoms with Crippen molar-refractivity contribution in [1.29, 1.82) is 0 Å². The van der Waals surface area contributed by atoms with Crippen molar-refractivity contribution in [1.82, 2.24) is 4.90 Å². The van der Waals surface area contributed by atoms with Crippen molar-refractivity contribution >= 4 is 17.5 Å². The molecule has 5 heteroatoms. The van der Waals surface area contributed by atoms with Crippen LogP contribution in [0.4, 0.5) is 5.69 Å². The van der Waals surface area contributed by atoms with Crippen molar-refractivity contribution in [2.24, 2.45) is 17.6 Å². The number of nitrogens with zero attached hydrogens (tertiary/aromatic N) is 1. The average Bonchev–Trinajstić information content (AvgIpc) is 2.37. The van der Waals surface area contributed by atoms with Gasteiger partial charge in [-0.05, 0) is 30.4 Å². The van der Waals surface area contributed by atoms with Crippen LogP contribution in [0.1, 0.15) is 30.6 Å². The second kappa shape index (κ2) is 6.72. The van der Waals surface area contributed by atoms with E-state index in [1.807, 2.05) is 0 Å². The predicted octanol–water partition coefficient (Wildman–Crippen LogP) is 1.70. The molecule has 1 aliphatic heterocycles. The molecule has 1 fully saturated rings. The number of likely N-dealkylation sites (tertiary alicyclic amines) is 1. The van der Waals surface area contributed by atoms with Gasteiger partial charge in [0.15, 0.2) is 0 Å². The molecule has 0 aromatic heterocycles. The molecule has 2 amide bonds. The largest absolute Gasteiger partial charge is 0.366 e. The van der Waals surface area contributed by atoms with E-state index < -0.39 is 5.91 Å². The fourth-order valence-corrected chi connectivity index (χ4v) is 3.12. The number of benzene rings is 1. The third-order valence-corrected chi connectivity index (χ3v) is 3.78. The molecule has 0 radical (unpaired) electrons. The molecule has 1 heterocycles. The summed E-state index contributed by atoms with van der Waals surface area (Å²) < 4.78 is 0. The number of hydrogen-bond donors (Lipinski definition) is 2. The molecular weight excluding hydrogens is 266 g/mol. The molecule has 0 bridgehead atoms. The van der Waals surface area contributed by atoms with Crippen LogP contribution in [0.5, 0.6) is 0 Å². The van der Waals surface area contributed by atoms with E-state index in [0.29, 0.717) is 29.6 Å². The first-order valence-corrected chi connectivity index (χ1v) is 7.36. The van der Waals surface area contributed by atoms with Crippen molar-refractivity contribution in [2.45, 2.75) is 20.3 Å². The summed E-state index contributed by atoms with van der Waals surface area (Å²) in [6.07, 6.45) is 1.21. The highest BCUT2D eigenvalue weighted by Crippen LogP contribution is 2.21. The number of nitrogens with two attached hydrogens (primary N) is 1. The second-order valence-electron chi connectivity index (χ2n) is 6.10. The second-order valence-corrected chi connectivity index (χ2v) is 6.10. The Labute approximate surface area is 125 Å². The number of hydrogen-bond acceptors (Lipinski definition) is 3. The van der Waals surface area contributed by atoms with Gasteiger partial charge in [0.2, 0.25) is 5.91 Å². The zero-order valence-corrected chi connectivity index (χ0v) is 12.6. The molecular formula is C16H23N3O2. The normalized spacial score (nSPS) is 22.8. The Hall–Kier alpha value is -1.88. The Morgan fingerprint density at radius 1 is 1.24 bits per heavy atom. The molecule has 2 atom stereocenters. The molecule has 3 N–H and O–H groups in total. The predicted molar refractivity (Wildman–Crippen MR) is 83.0 cm³/mol. The van der Waals surface area contributed by atoms with E-state index in [1.165, 1.54) is 6.42 Å². The van der Waals surface area contributed by atoms with Crippen LogP contribution in [0, 0.1) is 11.8 Å². The number of piperidine rings is 1. The Balaban J connectivity index is 1.97. The Kier molecular flexibility index (Phi) is 4.96. The van der Waals surface area contributed by atoms with Crippen molar-refractivity contribution in [2.75, 3.05) is 25.0 Å². The minimum atomic E-state index is -0.536. The molecule has 2 unspecified atom stereocenters. The van der Waals surface area contributed by atoms with Gasteiger partial charge in [-0.2, -0.15) is 0 Å². The fraction of sp³-hybridized carbons (Fsp3) is 0.500. The van der Waals surface area contributed by atoms with Crippen LogP contribution in [0.25, 0.3) is 0 Å². The average molecular weight is 289 g/mol. The SMILES string of the molecule is CC1CC(C)CN(CC(=O)Nc2ccccc2C(N)=O)C1. The molecule has 114 valence electrons. The highest BCUT2D eigenvalue weighted by atomic mass is 16.2. The van der Waals surface area contributed by atoms with Crippen molar-refractivity contribution in [3.63, 3.8) is 0 Å². The quantitative estimate of drug-likeness (QED) is 0.886. The minimum absolute atomic E-state index is 0.106. The molecule has 2 rings (SSSR count). The summed E-state index contributed by atoms with van der Waals surface area (Å²) in [4.78, 5) is 25.7. The first kappa shape index (κ1) is 15.5. The van der Waals surface area contributed by atoms with Crippen molar-refractivity contribution in [3.05, 3.63) is 29.8 Å². The molecule has 1 saturated heterocycles. The van der Waals surface area contributed by atoms with Crippen molar-refractivity contribution < 1.29 is 9.59 Å². The van der Waals surface area contributed by atoms with Crippen LogP contribution in [0.15, 0.2) is 24.3 Å². The number of anilines is 1. The van der Waals surface area contributed by atoms with E-state index in [1.54, 1.807) is 24.3 Å². The highest BCUT2D eigenvalue weighted by Gasteiger charge is 2.23. The standard InChI is InChI=1S/C16H23N3O2/c1-11-7-12(2)9-19(8-11)10-15(20)18-14-6-4-3-5-13(14)16(17)21/h3-6,11-12H,7-10H2,1-2H3,(H2,17,21)(H,18,20). The van der Waals surface area contributed by atoms with E-state index in [-0.39, 0.29) is 5.91 Å². The maximum Gasteiger partial charge on any atom is 0.250 e. The summed E-state index contributed by atoms with van der Waals surface area (Å²) in [6.45, 7) is 6.65. The number of primary amides is 1. The fourth-order valence-electron chi connectivity index (χ4n) is 3.12. The third kappa shape index (κ3) is 4.29. The van der Waals surface area contributed by atoms with Gasteiger partial charge >= 0.3 is 0 Å². The van der Waals surface area contributed by atoms with Gasteiger partial charge in [0.25, 0.3) is 5.91 Å². The molecule has 1 aromatic rings. The topological polar surface area (TPSA) is 75.4 Å². The van der Waals surface area contributed by atoms with E-state index in [9.17, 15) is 9.59 Å². The van der Waals surface area contributed by atoms with Gasteiger partial charge in [-0.3, -0.25) is 14.5 Å². The molecule has 1 aromatic carbocycles. The summed E-state index contributed by atoms with van der Waals surface area (Å²) in [5.41, 5.74) is 6.13. The van der Waals surface area contributed by atoms with E-state index >= 15 is 0 Å². The van der Waals surface area contributed by atoms with Crippen LogP contribution in [-0.2, 0) is 4.79 Å². The van der Waals surface area contributed by atoms with Gasteiger partial charge in [0.1, 0.15) is 0 Å². The van der Waals surface area contributed by atoms with E-state index in [0.717, 1.165) is 13.1 Å². The van der Waals surface area contributed by atoms with Crippen LogP contribution < -0.4 is 11.1 Å². The van der Waals surface area contributed by atoms with Crippen molar-refractivity contribution in [3.8, 4) is 0 Å². The molecule has 0 aliphatic carbocycles. The zero-order chi connectivity index (χ0) is 15.4. The lowest BCUT2D eigenvalue weighted by Gasteiger charge is -2.34. The monoisotopic (exact) mass is 289 g/mol. The van der Waals surface area contributed by atoms with Gasteiger partial charge in [0, 0.05) is 13.1 Å². The first-order chi connectivity index (χ1) is 9.95. The lowest BCUT2D eigenvalue weighted by Crippen LogP contribution is -2.43. The number of carbonyl (C=O) groups excluding carboxylic acids is 2. The molecule has 0 saturated carbocycles. The number of amides is 2. The van der Waals surface area contributed by atoms with Crippen LogP contribution in [-0.4, -0.2) is 36.3 Å². The summed E-state index contributed by atoms with van der Waals surface area (Å²) in [6, 6.07) is 6.80. The van der Waals surface area contributed by atoms with Gasteiger partial charge in [0.05, 0.1) is 17.8 Å².